The van der Waals surface area contributed by atoms with E-state index < -0.39 is 17.8 Å². The molecule has 9 heteroatoms. The molecule has 1 atom stereocenters. The minimum absolute atomic E-state index is 0.00936. The summed E-state index contributed by atoms with van der Waals surface area (Å²) in [7, 11) is 0. The lowest BCUT2D eigenvalue weighted by molar-refractivity contribution is -0.118. The summed E-state index contributed by atoms with van der Waals surface area (Å²) in [6.45, 7) is 1.51. The number of carbonyl (C=O) groups excluding carboxylic acids is 2. The second-order valence-electron chi connectivity index (χ2n) is 5.95. The summed E-state index contributed by atoms with van der Waals surface area (Å²) in [5, 5.41) is 0.371. The highest BCUT2D eigenvalue weighted by atomic mass is 35.5. The van der Waals surface area contributed by atoms with Gasteiger partial charge in [-0.15, -0.1) is 0 Å². The summed E-state index contributed by atoms with van der Waals surface area (Å²) >= 11 is 6.78. The Labute approximate surface area is 169 Å². The first kappa shape index (κ1) is 19.8. The molecule has 2 aromatic carbocycles. The van der Waals surface area contributed by atoms with Gasteiger partial charge in [0, 0.05) is 10.6 Å². The number of halogens is 2. The van der Waals surface area contributed by atoms with Crippen LogP contribution in [-0.2, 0) is 4.79 Å². The van der Waals surface area contributed by atoms with Gasteiger partial charge in [0.05, 0.1) is 5.69 Å². The number of nitrogens with zero attached hydrogens (tertiary/aromatic N) is 2. The number of rotatable bonds is 6. The first-order valence-electron chi connectivity index (χ1n) is 8.19. The highest BCUT2D eigenvalue weighted by molar-refractivity contribution is 7.18. The van der Waals surface area contributed by atoms with Crippen LogP contribution in [0.4, 0.5) is 21.0 Å². The van der Waals surface area contributed by atoms with E-state index in [1.165, 1.54) is 24.0 Å². The molecule has 1 aromatic heterocycles. The lowest BCUT2D eigenvalue weighted by Gasteiger charge is -2.27. The second kappa shape index (κ2) is 7.95. The summed E-state index contributed by atoms with van der Waals surface area (Å²) in [5.74, 6) is -1.68. The zero-order valence-corrected chi connectivity index (χ0v) is 16.3. The smallest absolute Gasteiger partial charge is 0.240 e. The normalized spacial score (nSPS) is 11.8. The molecule has 0 fully saturated rings. The molecular formula is C19H16ClFN4O2S. The van der Waals surface area contributed by atoms with Crippen LogP contribution in [0.15, 0.2) is 48.5 Å². The van der Waals surface area contributed by atoms with Crippen LogP contribution in [0.2, 0.25) is 5.02 Å². The summed E-state index contributed by atoms with van der Waals surface area (Å²) in [5.41, 5.74) is 11.9. The van der Waals surface area contributed by atoms with Crippen LogP contribution in [-0.4, -0.2) is 22.7 Å². The highest BCUT2D eigenvalue weighted by Gasteiger charge is 2.29. The second-order valence-corrected chi connectivity index (χ2v) is 7.36. The molecule has 0 aliphatic rings. The molecule has 1 unspecified atom stereocenters. The van der Waals surface area contributed by atoms with Crippen LogP contribution < -0.4 is 16.4 Å². The maximum Gasteiger partial charge on any atom is 0.240 e. The number of hydrogen-bond acceptors (Lipinski definition) is 6. The number of aromatic nitrogens is 1. The van der Waals surface area contributed by atoms with E-state index in [0.717, 1.165) is 17.4 Å². The van der Waals surface area contributed by atoms with Crippen molar-refractivity contribution < 1.29 is 14.0 Å². The Hall–Kier alpha value is -2.97. The summed E-state index contributed by atoms with van der Waals surface area (Å²) in [6.07, 6.45) is 0. The number of anilines is 3. The predicted octanol–water partition coefficient (Wildman–Crippen LogP) is 3.76. The molecule has 1 amide bonds. The van der Waals surface area contributed by atoms with Crippen molar-refractivity contribution in [3.05, 3.63) is 69.8 Å². The maximum atomic E-state index is 14.5. The van der Waals surface area contributed by atoms with Gasteiger partial charge in [-0.05, 0) is 25.1 Å². The van der Waals surface area contributed by atoms with Crippen LogP contribution >= 0.6 is 22.9 Å². The summed E-state index contributed by atoms with van der Waals surface area (Å²) in [4.78, 5) is 30.3. The van der Waals surface area contributed by atoms with E-state index in [2.05, 4.69) is 4.98 Å². The van der Waals surface area contributed by atoms with Gasteiger partial charge >= 0.3 is 0 Å². The molecule has 0 spiro atoms. The molecule has 0 bridgehead atoms. The van der Waals surface area contributed by atoms with Crippen molar-refractivity contribution in [2.45, 2.75) is 13.0 Å². The predicted molar refractivity (Wildman–Crippen MR) is 109 cm³/mol. The minimum Gasteiger partial charge on any atom is -0.382 e. The van der Waals surface area contributed by atoms with E-state index in [0.29, 0.717) is 5.56 Å². The Morgan fingerprint density at radius 2 is 1.89 bits per heavy atom. The van der Waals surface area contributed by atoms with E-state index >= 15 is 0 Å². The molecule has 0 saturated carbocycles. The Balaban J connectivity index is 2.09. The van der Waals surface area contributed by atoms with Crippen molar-refractivity contribution in [1.29, 1.82) is 0 Å². The number of nitrogens with two attached hydrogens (primary N) is 2. The van der Waals surface area contributed by atoms with Gasteiger partial charge in [-0.1, -0.05) is 53.3 Å². The molecular weight excluding hydrogens is 403 g/mol. The lowest BCUT2D eigenvalue weighted by atomic mass is 10.1. The van der Waals surface area contributed by atoms with Crippen LogP contribution in [0.5, 0.6) is 0 Å². The molecule has 1 heterocycles. The summed E-state index contributed by atoms with van der Waals surface area (Å²) < 4.78 is 14.5. The zero-order chi connectivity index (χ0) is 20.4. The number of amides is 1. The zero-order valence-electron chi connectivity index (χ0n) is 14.7. The number of primary amides is 1. The van der Waals surface area contributed by atoms with Crippen LogP contribution in [0.1, 0.15) is 22.2 Å². The van der Waals surface area contributed by atoms with Crippen molar-refractivity contribution >= 4 is 51.3 Å². The van der Waals surface area contributed by atoms with Crippen LogP contribution in [0.3, 0.4) is 0 Å². The average molecular weight is 419 g/mol. The maximum absolute atomic E-state index is 14.5. The fourth-order valence-corrected chi connectivity index (χ4v) is 3.79. The van der Waals surface area contributed by atoms with Gasteiger partial charge in [-0.2, -0.15) is 0 Å². The Morgan fingerprint density at radius 1 is 1.21 bits per heavy atom. The molecule has 3 rings (SSSR count). The largest absolute Gasteiger partial charge is 0.382 e. The Kier molecular flexibility index (Phi) is 5.62. The molecule has 0 aliphatic carbocycles. The van der Waals surface area contributed by atoms with Gasteiger partial charge in [0.15, 0.2) is 5.13 Å². The molecule has 0 aliphatic heterocycles. The molecule has 0 saturated heterocycles. The summed E-state index contributed by atoms with van der Waals surface area (Å²) in [6, 6.07) is 11.6. The molecule has 4 N–H and O–H groups in total. The average Bonchev–Trinajstić information content (AvgIpc) is 3.04. The molecule has 6 nitrogen and oxygen atoms in total. The SMILES string of the molecule is CC(C(N)=O)N(c1nc(N)c(C(=O)c2ccccc2)s1)c1ccc(Cl)cc1F. The third kappa shape index (κ3) is 3.83. The van der Waals surface area contributed by atoms with Crippen molar-refractivity contribution in [3.8, 4) is 0 Å². The fourth-order valence-electron chi connectivity index (χ4n) is 2.59. The third-order valence-electron chi connectivity index (χ3n) is 4.06. The van der Waals surface area contributed by atoms with Crippen LogP contribution in [0.25, 0.3) is 0 Å². The monoisotopic (exact) mass is 418 g/mol. The number of carbonyl (C=O) groups is 2. The molecule has 3 aromatic rings. The van der Waals surface area contributed by atoms with Crippen molar-refractivity contribution in [2.24, 2.45) is 5.73 Å². The molecule has 28 heavy (non-hydrogen) atoms. The van der Waals surface area contributed by atoms with Gasteiger partial charge < -0.3 is 16.4 Å². The number of ketones is 1. The van der Waals surface area contributed by atoms with E-state index in [-0.39, 0.29) is 32.3 Å². The standard InChI is InChI=1S/C19H16ClFN4O2S/c1-10(18(23)27)25(14-8-7-12(20)9-13(14)21)19-24-17(22)16(28-19)15(26)11-5-3-2-4-6-11/h2-10H,22H2,1H3,(H2,23,27). The first-order valence-corrected chi connectivity index (χ1v) is 9.38. The third-order valence-corrected chi connectivity index (χ3v) is 5.36. The van der Waals surface area contributed by atoms with Crippen molar-refractivity contribution in [2.75, 3.05) is 10.6 Å². The van der Waals surface area contributed by atoms with Crippen molar-refractivity contribution in [1.82, 2.24) is 4.98 Å². The topological polar surface area (TPSA) is 102 Å². The van der Waals surface area contributed by atoms with Gasteiger partial charge in [-0.3, -0.25) is 9.59 Å². The van der Waals surface area contributed by atoms with E-state index in [4.69, 9.17) is 23.1 Å². The van der Waals surface area contributed by atoms with Gasteiger partial charge in [0.2, 0.25) is 11.7 Å². The lowest BCUT2D eigenvalue weighted by Crippen LogP contribution is -2.40. The number of benzene rings is 2. The van der Waals surface area contributed by atoms with Gasteiger partial charge in [0.1, 0.15) is 22.6 Å². The number of thiazole rings is 1. The number of hydrogen-bond donors (Lipinski definition) is 2. The van der Waals surface area contributed by atoms with Gasteiger partial charge in [0.25, 0.3) is 0 Å². The highest BCUT2D eigenvalue weighted by Crippen LogP contribution is 2.37. The quantitative estimate of drug-likeness (QED) is 0.593. The number of nitrogen functional groups attached to an aromatic ring is 1. The Bertz CT molecular complexity index is 1040. The van der Waals surface area contributed by atoms with E-state index in [1.54, 1.807) is 30.3 Å². The first-order chi connectivity index (χ1) is 13.3. The van der Waals surface area contributed by atoms with E-state index in [9.17, 15) is 14.0 Å². The minimum atomic E-state index is -0.944. The molecule has 0 radical (unpaired) electrons. The fraction of sp³-hybridized carbons (Fsp3) is 0.105. The Morgan fingerprint density at radius 3 is 2.50 bits per heavy atom. The van der Waals surface area contributed by atoms with Gasteiger partial charge in [-0.25, -0.2) is 9.37 Å². The van der Waals surface area contributed by atoms with Crippen molar-refractivity contribution in [3.63, 3.8) is 0 Å². The molecule has 144 valence electrons. The van der Waals surface area contributed by atoms with Crippen LogP contribution in [0, 0.1) is 5.82 Å². The van der Waals surface area contributed by atoms with E-state index in [1.807, 2.05) is 0 Å².